The van der Waals surface area contributed by atoms with Crippen LogP contribution in [-0.4, -0.2) is 27.9 Å². The molecule has 2 aliphatic heterocycles. The second-order valence-corrected chi connectivity index (χ2v) is 8.38. The number of carbonyl (C=O) groups is 1. The fraction of sp³-hybridized carbons (Fsp3) is 0.524. The predicted molar refractivity (Wildman–Crippen MR) is 103 cm³/mol. The summed E-state index contributed by atoms with van der Waals surface area (Å²) in [7, 11) is 0. The summed E-state index contributed by atoms with van der Waals surface area (Å²) in [5.74, 6) is 0.685. The number of carbonyl (C=O) groups excluding carboxylic acids is 1. The van der Waals surface area contributed by atoms with Gasteiger partial charge in [0.2, 0.25) is 5.91 Å². The number of amides is 1. The molecule has 0 saturated carbocycles. The lowest BCUT2D eigenvalue weighted by atomic mass is 9.96. The zero-order valence-corrected chi connectivity index (χ0v) is 16.4. The Hall–Kier alpha value is -2.34. The van der Waals surface area contributed by atoms with Crippen molar-refractivity contribution in [3.05, 3.63) is 41.7 Å². The largest absolute Gasteiger partial charge is 0.487 e. The number of hydrogen-bond donors (Lipinski definition) is 1. The van der Waals surface area contributed by atoms with Crippen LogP contribution >= 0.6 is 0 Å². The number of rotatable bonds is 4. The lowest BCUT2D eigenvalue weighted by molar-refractivity contribution is -0.121. The SMILES string of the molecule is CC(C)n1cc([C@H]2OCC[C@@H]2C(=O)Nc2ccc3c(c2)CC(C)(C)O3)cn1. The molecule has 1 aromatic heterocycles. The Morgan fingerprint density at radius 3 is 2.93 bits per heavy atom. The van der Waals surface area contributed by atoms with Crippen LogP contribution in [0.2, 0.25) is 0 Å². The van der Waals surface area contributed by atoms with Gasteiger partial charge in [-0.3, -0.25) is 9.48 Å². The molecule has 0 unspecified atom stereocenters. The van der Waals surface area contributed by atoms with Gasteiger partial charge in [-0.15, -0.1) is 0 Å². The maximum Gasteiger partial charge on any atom is 0.230 e. The monoisotopic (exact) mass is 369 g/mol. The zero-order chi connectivity index (χ0) is 19.2. The molecule has 1 aromatic carbocycles. The van der Waals surface area contributed by atoms with Crippen LogP contribution < -0.4 is 10.1 Å². The number of ether oxygens (including phenoxy) is 2. The Morgan fingerprint density at radius 2 is 2.19 bits per heavy atom. The predicted octanol–water partition coefficient (Wildman–Crippen LogP) is 3.89. The summed E-state index contributed by atoms with van der Waals surface area (Å²) in [4.78, 5) is 12.9. The molecule has 1 fully saturated rings. The molecule has 27 heavy (non-hydrogen) atoms. The highest BCUT2D eigenvalue weighted by Crippen LogP contribution is 2.38. The molecule has 6 nitrogen and oxygen atoms in total. The third-order valence-corrected chi connectivity index (χ3v) is 5.24. The number of hydrogen-bond acceptors (Lipinski definition) is 4. The molecule has 3 heterocycles. The van der Waals surface area contributed by atoms with Crippen molar-refractivity contribution < 1.29 is 14.3 Å². The number of aromatic nitrogens is 2. The van der Waals surface area contributed by atoms with Gasteiger partial charge >= 0.3 is 0 Å². The quantitative estimate of drug-likeness (QED) is 0.888. The van der Waals surface area contributed by atoms with Crippen LogP contribution in [0.25, 0.3) is 0 Å². The molecule has 6 heteroatoms. The highest BCUT2D eigenvalue weighted by Gasteiger charge is 2.36. The van der Waals surface area contributed by atoms with Gasteiger partial charge in [-0.1, -0.05) is 0 Å². The van der Waals surface area contributed by atoms with Crippen molar-refractivity contribution in [2.24, 2.45) is 5.92 Å². The van der Waals surface area contributed by atoms with Crippen molar-refractivity contribution in [1.82, 2.24) is 9.78 Å². The summed E-state index contributed by atoms with van der Waals surface area (Å²) < 4.78 is 13.7. The third kappa shape index (κ3) is 3.58. The maximum atomic E-state index is 12.9. The van der Waals surface area contributed by atoms with E-state index in [1.54, 1.807) is 0 Å². The molecule has 2 aliphatic rings. The second kappa shape index (κ2) is 6.68. The molecule has 4 rings (SSSR count). The van der Waals surface area contributed by atoms with E-state index in [0.29, 0.717) is 13.0 Å². The van der Waals surface area contributed by atoms with Gasteiger partial charge in [0.15, 0.2) is 0 Å². The van der Waals surface area contributed by atoms with E-state index < -0.39 is 0 Å². The molecule has 0 radical (unpaired) electrons. The van der Waals surface area contributed by atoms with Crippen LogP contribution in [0, 0.1) is 5.92 Å². The van der Waals surface area contributed by atoms with E-state index in [1.807, 2.05) is 35.3 Å². The van der Waals surface area contributed by atoms with Gasteiger partial charge in [0.05, 0.1) is 18.2 Å². The highest BCUT2D eigenvalue weighted by atomic mass is 16.5. The van der Waals surface area contributed by atoms with Gasteiger partial charge in [0.1, 0.15) is 11.4 Å². The van der Waals surface area contributed by atoms with Crippen LogP contribution in [0.15, 0.2) is 30.6 Å². The lowest BCUT2D eigenvalue weighted by Crippen LogP contribution is -2.25. The lowest BCUT2D eigenvalue weighted by Gasteiger charge is -2.17. The second-order valence-electron chi connectivity index (χ2n) is 8.38. The number of nitrogens with zero attached hydrogens (tertiary/aromatic N) is 2. The smallest absolute Gasteiger partial charge is 0.230 e. The first kappa shape index (κ1) is 18.0. The Bertz CT molecular complexity index is 856. The maximum absolute atomic E-state index is 12.9. The topological polar surface area (TPSA) is 65.4 Å². The summed E-state index contributed by atoms with van der Waals surface area (Å²) >= 11 is 0. The number of nitrogens with one attached hydrogen (secondary N) is 1. The van der Waals surface area contributed by atoms with Crippen LogP contribution in [0.1, 0.15) is 57.4 Å². The summed E-state index contributed by atoms with van der Waals surface area (Å²) in [6, 6.07) is 6.14. The first-order chi connectivity index (χ1) is 12.8. The fourth-order valence-electron chi connectivity index (χ4n) is 3.89. The molecule has 0 bridgehead atoms. The van der Waals surface area contributed by atoms with Crippen molar-refractivity contribution in [1.29, 1.82) is 0 Å². The zero-order valence-electron chi connectivity index (χ0n) is 16.4. The van der Waals surface area contributed by atoms with E-state index in [9.17, 15) is 4.79 Å². The molecular formula is C21H27N3O3. The van der Waals surface area contributed by atoms with E-state index in [4.69, 9.17) is 9.47 Å². The average Bonchev–Trinajstić information content (AvgIpc) is 3.30. The van der Waals surface area contributed by atoms with Crippen LogP contribution in [-0.2, 0) is 16.0 Å². The van der Waals surface area contributed by atoms with Crippen molar-refractivity contribution in [2.75, 3.05) is 11.9 Å². The van der Waals surface area contributed by atoms with E-state index in [1.165, 1.54) is 0 Å². The molecule has 2 aromatic rings. The normalized spacial score (nSPS) is 23.3. The van der Waals surface area contributed by atoms with Crippen molar-refractivity contribution in [3.8, 4) is 5.75 Å². The molecule has 1 amide bonds. The van der Waals surface area contributed by atoms with Gasteiger partial charge < -0.3 is 14.8 Å². The van der Waals surface area contributed by atoms with Crippen molar-refractivity contribution in [3.63, 3.8) is 0 Å². The minimum Gasteiger partial charge on any atom is -0.487 e. The van der Waals surface area contributed by atoms with Gasteiger partial charge in [-0.25, -0.2) is 0 Å². The van der Waals surface area contributed by atoms with E-state index in [2.05, 4.69) is 38.1 Å². The van der Waals surface area contributed by atoms with E-state index in [-0.39, 0.29) is 29.6 Å². The first-order valence-electron chi connectivity index (χ1n) is 9.61. The molecule has 2 atom stereocenters. The Morgan fingerprint density at radius 1 is 1.37 bits per heavy atom. The van der Waals surface area contributed by atoms with Crippen molar-refractivity contribution >= 4 is 11.6 Å². The van der Waals surface area contributed by atoms with Gasteiger partial charge in [0, 0.05) is 42.1 Å². The average molecular weight is 369 g/mol. The summed E-state index contributed by atoms with van der Waals surface area (Å²) in [6.45, 7) is 8.89. The molecule has 1 saturated heterocycles. The minimum absolute atomic E-state index is 0.00655. The van der Waals surface area contributed by atoms with Gasteiger partial charge in [-0.05, 0) is 52.3 Å². The fourth-order valence-corrected chi connectivity index (χ4v) is 3.89. The van der Waals surface area contributed by atoms with Crippen molar-refractivity contribution in [2.45, 2.75) is 58.3 Å². The summed E-state index contributed by atoms with van der Waals surface area (Å²) in [5.41, 5.74) is 2.72. The molecule has 0 aliphatic carbocycles. The molecule has 144 valence electrons. The third-order valence-electron chi connectivity index (χ3n) is 5.24. The van der Waals surface area contributed by atoms with E-state index in [0.717, 1.165) is 29.0 Å². The highest BCUT2D eigenvalue weighted by molar-refractivity contribution is 5.93. The molecule has 1 N–H and O–H groups in total. The molecular weight excluding hydrogens is 342 g/mol. The summed E-state index contributed by atoms with van der Waals surface area (Å²) in [6.07, 6.45) is 5.11. The number of anilines is 1. The Labute approximate surface area is 159 Å². The Kier molecular flexibility index (Phi) is 4.46. The van der Waals surface area contributed by atoms with E-state index >= 15 is 0 Å². The summed E-state index contributed by atoms with van der Waals surface area (Å²) in [5, 5.41) is 7.45. The van der Waals surface area contributed by atoms with Gasteiger partial charge in [0.25, 0.3) is 0 Å². The van der Waals surface area contributed by atoms with Crippen LogP contribution in [0.4, 0.5) is 5.69 Å². The van der Waals surface area contributed by atoms with Crippen LogP contribution in [0.5, 0.6) is 5.75 Å². The molecule has 0 spiro atoms. The Balaban J connectivity index is 1.48. The van der Waals surface area contributed by atoms with Gasteiger partial charge in [-0.2, -0.15) is 5.10 Å². The first-order valence-corrected chi connectivity index (χ1v) is 9.61. The standard InChI is InChI=1S/C21H27N3O3/c1-13(2)24-12-15(11-22-24)19-17(7-8-26-19)20(25)23-16-5-6-18-14(9-16)10-21(3,4)27-18/h5-6,9,11-13,17,19H,7-8,10H2,1-4H3,(H,23,25)/t17-,19+/m0/s1. The number of benzene rings is 1. The van der Waals surface area contributed by atoms with Crippen LogP contribution in [0.3, 0.4) is 0 Å². The minimum atomic E-state index is -0.241. The number of fused-ring (bicyclic) bond motifs is 1.